The van der Waals surface area contributed by atoms with Crippen LogP contribution in [0.25, 0.3) is 77.6 Å². The van der Waals surface area contributed by atoms with Crippen molar-refractivity contribution in [2.24, 2.45) is 0 Å². The van der Waals surface area contributed by atoms with E-state index in [4.69, 9.17) is 4.42 Å². The Labute approximate surface area is 402 Å². The van der Waals surface area contributed by atoms with Gasteiger partial charge in [-0.15, -0.1) is 0 Å². The first kappa shape index (κ1) is 40.3. The predicted octanol–water partition coefficient (Wildman–Crippen LogP) is 18.1. The number of para-hydroxylation sites is 2. The normalized spacial score (nSPS) is 12.5. The lowest BCUT2D eigenvalue weighted by molar-refractivity contribution is 0.669. The van der Waals surface area contributed by atoms with E-state index in [1.165, 1.54) is 61.2 Å². The number of fused-ring (bicyclic) bond motifs is 6. The van der Waals surface area contributed by atoms with Crippen LogP contribution >= 0.6 is 0 Å². The fourth-order valence-electron chi connectivity index (χ4n) is 11.1. The topological polar surface area (TPSA) is 16.4 Å². The molecule has 2 nitrogen and oxygen atoms in total. The highest BCUT2D eigenvalue weighted by Crippen LogP contribution is 2.61. The molecule has 0 unspecified atom stereocenters. The van der Waals surface area contributed by atoms with E-state index in [0.29, 0.717) is 0 Å². The summed E-state index contributed by atoms with van der Waals surface area (Å²) in [6.07, 6.45) is 0. The van der Waals surface area contributed by atoms with Crippen LogP contribution in [-0.4, -0.2) is 0 Å². The van der Waals surface area contributed by atoms with Crippen molar-refractivity contribution in [1.29, 1.82) is 0 Å². The third-order valence-electron chi connectivity index (χ3n) is 14.2. The molecule has 0 aliphatic heterocycles. The first-order valence-corrected chi connectivity index (χ1v) is 23.7. The monoisotopic (exact) mass is 879 g/mol. The molecular formula is C67H45NO. The van der Waals surface area contributed by atoms with Gasteiger partial charge >= 0.3 is 0 Å². The Bertz CT molecular complexity index is 3660. The molecule has 13 rings (SSSR count). The van der Waals surface area contributed by atoms with E-state index < -0.39 is 5.41 Å². The number of furan rings is 1. The quantitative estimate of drug-likeness (QED) is 0.144. The minimum Gasteiger partial charge on any atom is -0.455 e. The van der Waals surface area contributed by atoms with Gasteiger partial charge in [0.2, 0.25) is 0 Å². The van der Waals surface area contributed by atoms with Gasteiger partial charge in [-0.3, -0.25) is 0 Å². The van der Waals surface area contributed by atoms with Crippen LogP contribution in [0, 0.1) is 0 Å². The van der Waals surface area contributed by atoms with Gasteiger partial charge in [-0.1, -0.05) is 231 Å². The predicted molar refractivity (Wildman–Crippen MR) is 287 cm³/mol. The van der Waals surface area contributed by atoms with E-state index in [9.17, 15) is 0 Å². The van der Waals surface area contributed by atoms with Gasteiger partial charge in [-0.05, 0) is 115 Å². The molecule has 324 valence electrons. The second-order valence-electron chi connectivity index (χ2n) is 17.9. The smallest absolute Gasteiger partial charge is 0.143 e. The fourth-order valence-corrected chi connectivity index (χ4v) is 11.1. The van der Waals surface area contributed by atoms with E-state index in [1.807, 2.05) is 0 Å². The van der Waals surface area contributed by atoms with Crippen LogP contribution < -0.4 is 4.90 Å². The van der Waals surface area contributed by atoms with Gasteiger partial charge < -0.3 is 9.32 Å². The van der Waals surface area contributed by atoms with Crippen LogP contribution in [0.3, 0.4) is 0 Å². The van der Waals surface area contributed by atoms with Crippen LogP contribution in [-0.2, 0) is 5.41 Å². The standard InChI is InChI=1S/C67H45NO/c1-5-18-46(19-6-1)48-32-38-53(39-33-48)68(54-40-34-49(35-41-54)47-20-7-2-8-21-47)55-42-36-50(37-43-55)56-44-45-58(60-29-17-28-59-57-26-14-16-31-63(57)69-66(59)60)65-64(56)61-27-13-15-30-62(61)67(65,51-22-9-3-10-23-51)52-24-11-4-12-25-52/h1-45H. The van der Waals surface area contributed by atoms with Crippen LogP contribution in [0.1, 0.15) is 22.3 Å². The summed E-state index contributed by atoms with van der Waals surface area (Å²) in [6.45, 7) is 0. The maximum atomic E-state index is 6.83. The van der Waals surface area contributed by atoms with Gasteiger partial charge in [-0.2, -0.15) is 0 Å². The Hall–Kier alpha value is -8.98. The highest BCUT2D eigenvalue weighted by molar-refractivity contribution is 6.11. The molecule has 1 aliphatic rings. The molecule has 0 N–H and O–H groups in total. The summed E-state index contributed by atoms with van der Waals surface area (Å²) in [5.74, 6) is 0. The number of benzene rings is 11. The zero-order valence-electron chi connectivity index (χ0n) is 37.8. The molecule has 0 saturated heterocycles. The van der Waals surface area contributed by atoms with Crippen molar-refractivity contribution in [3.8, 4) is 55.6 Å². The van der Waals surface area contributed by atoms with Gasteiger partial charge in [0.1, 0.15) is 11.2 Å². The Kier molecular flexibility index (Phi) is 9.77. The SMILES string of the molecule is c1ccc(-c2ccc(N(c3ccc(-c4ccccc4)cc3)c3ccc(-c4ccc(-c5cccc6c5oc5ccccc56)c5c4-c4ccccc4C5(c4ccccc4)c4ccccc4)cc3)cc2)cc1. The van der Waals surface area contributed by atoms with Crippen molar-refractivity contribution < 1.29 is 4.42 Å². The third-order valence-corrected chi connectivity index (χ3v) is 14.2. The lowest BCUT2D eigenvalue weighted by Crippen LogP contribution is -2.29. The lowest BCUT2D eigenvalue weighted by Gasteiger charge is -2.35. The molecule has 0 fully saturated rings. The van der Waals surface area contributed by atoms with Crippen molar-refractivity contribution in [2.45, 2.75) is 5.41 Å². The second-order valence-corrected chi connectivity index (χ2v) is 17.9. The molecule has 0 bridgehead atoms. The van der Waals surface area contributed by atoms with Crippen LogP contribution in [0.4, 0.5) is 17.1 Å². The molecule has 1 aromatic heterocycles. The van der Waals surface area contributed by atoms with Crippen LogP contribution in [0.15, 0.2) is 277 Å². The van der Waals surface area contributed by atoms with E-state index in [0.717, 1.165) is 55.7 Å². The Balaban J connectivity index is 1.02. The maximum absolute atomic E-state index is 6.83. The van der Waals surface area contributed by atoms with Gasteiger partial charge in [0.25, 0.3) is 0 Å². The minimum absolute atomic E-state index is 0.636. The van der Waals surface area contributed by atoms with Gasteiger partial charge in [-0.25, -0.2) is 0 Å². The molecule has 1 heterocycles. The Morgan fingerprint density at radius 2 is 0.725 bits per heavy atom. The third kappa shape index (κ3) is 6.64. The number of nitrogens with zero attached hydrogens (tertiary/aromatic N) is 1. The molecule has 0 radical (unpaired) electrons. The van der Waals surface area contributed by atoms with Crippen molar-refractivity contribution in [1.82, 2.24) is 0 Å². The van der Waals surface area contributed by atoms with Gasteiger partial charge in [0.05, 0.1) is 5.41 Å². The summed E-state index contributed by atoms with van der Waals surface area (Å²) < 4.78 is 6.83. The second kappa shape index (κ2) is 16.7. The first-order valence-electron chi connectivity index (χ1n) is 23.7. The van der Waals surface area contributed by atoms with Gasteiger partial charge in [0, 0.05) is 33.4 Å². The van der Waals surface area contributed by atoms with E-state index in [-0.39, 0.29) is 0 Å². The summed E-state index contributed by atoms with van der Waals surface area (Å²) >= 11 is 0. The molecule has 0 amide bonds. The number of hydrogen-bond donors (Lipinski definition) is 0. The number of anilines is 3. The summed E-state index contributed by atoms with van der Waals surface area (Å²) in [7, 11) is 0. The molecule has 1 aliphatic carbocycles. The number of rotatable bonds is 9. The zero-order valence-corrected chi connectivity index (χ0v) is 37.8. The van der Waals surface area contributed by atoms with Crippen LogP contribution in [0.2, 0.25) is 0 Å². The van der Waals surface area contributed by atoms with Crippen LogP contribution in [0.5, 0.6) is 0 Å². The zero-order chi connectivity index (χ0) is 45.7. The summed E-state index contributed by atoms with van der Waals surface area (Å²) in [5, 5.41) is 2.24. The van der Waals surface area contributed by atoms with E-state index in [1.54, 1.807) is 0 Å². The Morgan fingerprint density at radius 1 is 0.290 bits per heavy atom. The molecule has 0 spiro atoms. The minimum atomic E-state index is -0.636. The van der Waals surface area contributed by atoms with E-state index in [2.05, 4.69) is 278 Å². The average Bonchev–Trinajstić information content (AvgIpc) is 3.97. The highest BCUT2D eigenvalue weighted by atomic mass is 16.3. The number of hydrogen-bond acceptors (Lipinski definition) is 2. The molecule has 0 atom stereocenters. The summed E-state index contributed by atoms with van der Waals surface area (Å²) in [5.41, 5.74) is 21.2. The molecule has 12 aromatic rings. The van der Waals surface area contributed by atoms with Crippen molar-refractivity contribution in [2.75, 3.05) is 4.90 Å². The average molecular weight is 880 g/mol. The molecule has 11 aromatic carbocycles. The molecule has 0 saturated carbocycles. The highest BCUT2D eigenvalue weighted by Gasteiger charge is 2.48. The van der Waals surface area contributed by atoms with Crippen molar-refractivity contribution >= 4 is 39.0 Å². The lowest BCUT2D eigenvalue weighted by atomic mass is 9.66. The van der Waals surface area contributed by atoms with Crippen molar-refractivity contribution in [3.05, 3.63) is 295 Å². The largest absolute Gasteiger partial charge is 0.455 e. The first-order chi connectivity index (χ1) is 34.2. The fraction of sp³-hybridized carbons (Fsp3) is 0.0149. The van der Waals surface area contributed by atoms with E-state index >= 15 is 0 Å². The summed E-state index contributed by atoms with van der Waals surface area (Å²) in [4.78, 5) is 2.36. The Morgan fingerprint density at radius 3 is 1.30 bits per heavy atom. The molecule has 69 heavy (non-hydrogen) atoms. The summed E-state index contributed by atoms with van der Waals surface area (Å²) in [6, 6.07) is 99.1. The maximum Gasteiger partial charge on any atom is 0.143 e. The van der Waals surface area contributed by atoms with Gasteiger partial charge in [0.15, 0.2) is 0 Å². The molecular weight excluding hydrogens is 835 g/mol. The van der Waals surface area contributed by atoms with Crippen molar-refractivity contribution in [3.63, 3.8) is 0 Å². The molecule has 2 heteroatoms.